The zero-order valence-electron chi connectivity index (χ0n) is 18.7. The summed E-state index contributed by atoms with van der Waals surface area (Å²) in [4.78, 5) is 26.8. The number of carbonyl (C=O) groups is 2. The van der Waals surface area contributed by atoms with Crippen LogP contribution in [0.1, 0.15) is 61.8 Å². The minimum absolute atomic E-state index is 0.0282. The first-order valence-electron chi connectivity index (χ1n) is 11.4. The van der Waals surface area contributed by atoms with Crippen molar-refractivity contribution < 1.29 is 14.3 Å². The van der Waals surface area contributed by atoms with E-state index >= 15 is 0 Å². The van der Waals surface area contributed by atoms with E-state index < -0.39 is 0 Å². The van der Waals surface area contributed by atoms with Crippen LogP contribution < -0.4 is 10.1 Å². The largest absolute Gasteiger partial charge is 0.483 e. The molecule has 0 aromatic heterocycles. The average molecular weight is 423 g/mol. The van der Waals surface area contributed by atoms with Gasteiger partial charge in [0.15, 0.2) is 6.61 Å². The van der Waals surface area contributed by atoms with Gasteiger partial charge in [-0.2, -0.15) is 0 Å². The van der Waals surface area contributed by atoms with Gasteiger partial charge in [-0.05, 0) is 50.7 Å². The summed E-state index contributed by atoms with van der Waals surface area (Å²) in [6.07, 6.45) is 5.08. The lowest BCUT2D eigenvalue weighted by atomic mass is 10.0. The van der Waals surface area contributed by atoms with Crippen molar-refractivity contribution in [3.8, 4) is 5.75 Å². The third-order valence-electron chi connectivity index (χ3n) is 5.84. The maximum atomic E-state index is 12.6. The van der Waals surface area contributed by atoms with Crippen molar-refractivity contribution in [2.24, 2.45) is 0 Å². The van der Waals surface area contributed by atoms with E-state index in [-0.39, 0.29) is 24.5 Å². The Kier molecular flexibility index (Phi) is 8.51. The summed E-state index contributed by atoms with van der Waals surface area (Å²) in [5.74, 6) is 0.740. The van der Waals surface area contributed by atoms with Crippen molar-refractivity contribution in [2.75, 3.05) is 19.7 Å². The van der Waals surface area contributed by atoms with Gasteiger partial charge in [0.1, 0.15) is 5.75 Å². The van der Waals surface area contributed by atoms with Crippen molar-refractivity contribution >= 4 is 11.8 Å². The van der Waals surface area contributed by atoms with Gasteiger partial charge in [0.05, 0.1) is 6.04 Å². The van der Waals surface area contributed by atoms with Crippen LogP contribution in [0.4, 0.5) is 0 Å². The number of para-hydroxylation sites is 1. The number of carbonyl (C=O) groups excluding carboxylic acids is 2. The number of likely N-dealkylation sites (tertiary alicyclic amines) is 1. The van der Waals surface area contributed by atoms with Crippen LogP contribution in [0.2, 0.25) is 0 Å². The molecule has 5 heteroatoms. The van der Waals surface area contributed by atoms with E-state index in [1.165, 1.54) is 11.1 Å². The Balaban J connectivity index is 1.52. The van der Waals surface area contributed by atoms with E-state index in [1.54, 1.807) is 0 Å². The molecule has 1 saturated heterocycles. The molecule has 3 rings (SSSR count). The Morgan fingerprint density at radius 3 is 2.48 bits per heavy atom. The van der Waals surface area contributed by atoms with Crippen molar-refractivity contribution in [3.63, 3.8) is 0 Å². The first-order valence-corrected chi connectivity index (χ1v) is 11.4. The van der Waals surface area contributed by atoms with Gasteiger partial charge in [-0.15, -0.1) is 0 Å². The molecule has 1 fully saturated rings. The minimum atomic E-state index is -0.134. The molecule has 1 aliphatic rings. The molecule has 1 N–H and O–H groups in total. The van der Waals surface area contributed by atoms with Gasteiger partial charge >= 0.3 is 0 Å². The quantitative estimate of drug-likeness (QED) is 0.609. The lowest BCUT2D eigenvalue weighted by Crippen LogP contribution is -2.32. The number of rotatable bonds is 10. The average Bonchev–Trinajstić information content (AvgIpc) is 3.33. The van der Waals surface area contributed by atoms with Crippen LogP contribution in [0, 0.1) is 6.92 Å². The fourth-order valence-electron chi connectivity index (χ4n) is 3.97. The van der Waals surface area contributed by atoms with Crippen LogP contribution in [0.3, 0.4) is 0 Å². The molecule has 1 unspecified atom stereocenters. The first kappa shape index (κ1) is 22.9. The van der Waals surface area contributed by atoms with Crippen LogP contribution in [0.5, 0.6) is 5.75 Å². The zero-order valence-corrected chi connectivity index (χ0v) is 18.7. The molecule has 0 radical (unpaired) electrons. The zero-order chi connectivity index (χ0) is 22.1. The Morgan fingerprint density at radius 1 is 1.06 bits per heavy atom. The second kappa shape index (κ2) is 11.5. The van der Waals surface area contributed by atoms with Gasteiger partial charge in [-0.25, -0.2) is 0 Å². The number of benzene rings is 2. The SMILES string of the molecule is CCC(NC(=O)CCCc1ccc(C)cc1)c1ccccc1OCC(=O)N1CCCC1. The molecule has 31 heavy (non-hydrogen) atoms. The van der Waals surface area contributed by atoms with E-state index in [4.69, 9.17) is 4.74 Å². The van der Waals surface area contributed by atoms with Crippen LogP contribution in [-0.4, -0.2) is 36.4 Å². The van der Waals surface area contributed by atoms with Crippen LogP contribution in [0.15, 0.2) is 48.5 Å². The number of nitrogens with one attached hydrogen (secondary N) is 1. The van der Waals surface area contributed by atoms with E-state index in [2.05, 4.69) is 36.5 Å². The Labute approximate surface area is 185 Å². The summed E-state index contributed by atoms with van der Waals surface area (Å²) in [7, 11) is 0. The second-order valence-corrected chi connectivity index (χ2v) is 8.28. The minimum Gasteiger partial charge on any atom is -0.483 e. The highest BCUT2D eigenvalue weighted by Gasteiger charge is 2.20. The normalized spacial score (nSPS) is 14.3. The third kappa shape index (κ3) is 6.84. The molecule has 166 valence electrons. The van der Waals surface area contributed by atoms with E-state index in [0.29, 0.717) is 12.2 Å². The highest BCUT2D eigenvalue weighted by Crippen LogP contribution is 2.27. The van der Waals surface area contributed by atoms with E-state index in [1.807, 2.05) is 36.1 Å². The van der Waals surface area contributed by atoms with Gasteiger partial charge in [-0.1, -0.05) is 55.0 Å². The lowest BCUT2D eigenvalue weighted by molar-refractivity contribution is -0.132. The number of hydrogen-bond acceptors (Lipinski definition) is 3. The second-order valence-electron chi connectivity index (χ2n) is 8.28. The smallest absolute Gasteiger partial charge is 0.260 e. The number of amides is 2. The fraction of sp³-hybridized carbons (Fsp3) is 0.462. The van der Waals surface area contributed by atoms with Gasteiger partial charge in [-0.3, -0.25) is 9.59 Å². The van der Waals surface area contributed by atoms with Gasteiger partial charge in [0.2, 0.25) is 5.91 Å². The molecule has 2 aromatic rings. The van der Waals surface area contributed by atoms with Crippen molar-refractivity contribution in [1.82, 2.24) is 10.2 Å². The van der Waals surface area contributed by atoms with Crippen molar-refractivity contribution in [2.45, 2.75) is 58.4 Å². The monoisotopic (exact) mass is 422 g/mol. The molecule has 0 saturated carbocycles. The van der Waals surface area contributed by atoms with Gasteiger partial charge in [0.25, 0.3) is 5.91 Å². The molecule has 0 spiro atoms. The topological polar surface area (TPSA) is 58.6 Å². The Morgan fingerprint density at radius 2 is 1.77 bits per heavy atom. The summed E-state index contributed by atoms with van der Waals surface area (Å²) < 4.78 is 5.88. The summed E-state index contributed by atoms with van der Waals surface area (Å²) in [6, 6.07) is 16.0. The predicted molar refractivity (Wildman–Crippen MR) is 123 cm³/mol. The number of aryl methyl sites for hydroxylation is 2. The van der Waals surface area contributed by atoms with Crippen LogP contribution in [0.25, 0.3) is 0 Å². The van der Waals surface area contributed by atoms with Gasteiger partial charge < -0.3 is 15.0 Å². The lowest BCUT2D eigenvalue weighted by Gasteiger charge is -2.22. The van der Waals surface area contributed by atoms with Crippen LogP contribution in [-0.2, 0) is 16.0 Å². The molecule has 2 aromatic carbocycles. The summed E-state index contributed by atoms with van der Waals surface area (Å²) in [6.45, 7) is 5.80. The third-order valence-corrected chi connectivity index (χ3v) is 5.84. The molecule has 1 heterocycles. The molecule has 1 aliphatic heterocycles. The Bertz CT molecular complexity index is 857. The summed E-state index contributed by atoms with van der Waals surface area (Å²) in [5, 5.41) is 3.15. The number of nitrogens with zero attached hydrogens (tertiary/aromatic N) is 1. The summed E-state index contributed by atoms with van der Waals surface area (Å²) in [5.41, 5.74) is 3.42. The molecule has 0 bridgehead atoms. The molecule has 0 aliphatic carbocycles. The maximum absolute atomic E-state index is 12.6. The standard InChI is InChI=1S/C26H34N2O3/c1-3-23(27-25(29)12-8-9-21-15-13-20(2)14-16-21)22-10-4-5-11-24(22)31-19-26(30)28-17-6-7-18-28/h4-5,10-11,13-16,23H,3,6-9,12,17-19H2,1-2H3,(H,27,29). The molecule has 1 atom stereocenters. The number of ether oxygens (including phenoxy) is 1. The molecular weight excluding hydrogens is 388 g/mol. The maximum Gasteiger partial charge on any atom is 0.260 e. The highest BCUT2D eigenvalue weighted by atomic mass is 16.5. The molecule has 2 amide bonds. The number of hydrogen-bond donors (Lipinski definition) is 1. The highest BCUT2D eigenvalue weighted by molar-refractivity contribution is 5.78. The van der Waals surface area contributed by atoms with Crippen molar-refractivity contribution in [1.29, 1.82) is 0 Å². The summed E-state index contributed by atoms with van der Waals surface area (Å²) >= 11 is 0. The fourth-order valence-corrected chi connectivity index (χ4v) is 3.97. The van der Waals surface area contributed by atoms with Gasteiger partial charge in [0, 0.05) is 25.1 Å². The predicted octanol–water partition coefficient (Wildman–Crippen LogP) is 4.59. The van der Waals surface area contributed by atoms with Crippen molar-refractivity contribution in [3.05, 3.63) is 65.2 Å². The Hall–Kier alpha value is -2.82. The molecule has 5 nitrogen and oxygen atoms in total. The van der Waals surface area contributed by atoms with E-state index in [9.17, 15) is 9.59 Å². The van der Waals surface area contributed by atoms with Crippen LogP contribution >= 0.6 is 0 Å². The first-order chi connectivity index (χ1) is 15.1. The van der Waals surface area contributed by atoms with E-state index in [0.717, 1.165) is 50.8 Å². The molecular formula is C26H34N2O3.